The van der Waals surface area contributed by atoms with Crippen molar-refractivity contribution >= 4 is 40.5 Å². The van der Waals surface area contributed by atoms with Crippen molar-refractivity contribution in [3.05, 3.63) is 87.0 Å². The van der Waals surface area contributed by atoms with E-state index in [0.717, 1.165) is 20.4 Å². The molecule has 0 aliphatic heterocycles. The van der Waals surface area contributed by atoms with Crippen LogP contribution in [0.5, 0.6) is 11.5 Å². The van der Waals surface area contributed by atoms with Gasteiger partial charge in [-0.25, -0.2) is 4.79 Å². The Bertz CT molecular complexity index is 1000. The third kappa shape index (κ3) is 5.32. The van der Waals surface area contributed by atoms with E-state index in [1.54, 1.807) is 37.6 Å². The summed E-state index contributed by atoms with van der Waals surface area (Å²) in [7, 11) is 1.59. The molecule has 6 heteroatoms. The summed E-state index contributed by atoms with van der Waals surface area (Å²) in [6.45, 7) is 0.312. The number of hydrogen-bond donors (Lipinski definition) is 1. The minimum Gasteiger partial charge on any atom is -0.493 e. The Morgan fingerprint density at radius 3 is 2.54 bits per heavy atom. The second kappa shape index (κ2) is 9.36. The van der Waals surface area contributed by atoms with Crippen molar-refractivity contribution in [2.75, 3.05) is 7.11 Å². The fourth-order valence-corrected chi connectivity index (χ4v) is 3.02. The molecule has 28 heavy (non-hydrogen) atoms. The van der Waals surface area contributed by atoms with Crippen LogP contribution in [0, 0.1) is 3.57 Å². The lowest BCUT2D eigenvalue weighted by atomic mass is 10.1. The third-order valence-electron chi connectivity index (χ3n) is 3.95. The van der Waals surface area contributed by atoms with Crippen LogP contribution in [0.3, 0.4) is 0 Å². The zero-order valence-corrected chi connectivity index (χ0v) is 17.3. The highest BCUT2D eigenvalue weighted by molar-refractivity contribution is 14.1. The standard InChI is InChI=1S/C22H18INO4/c1-27-21-11-16(13-24-19-4-2-3-18(23)12-19)7-10-20(21)28-14-15-5-8-17(9-6-15)22(25)26/h2-13H,14H2,1H3,(H,25,26). The minimum absolute atomic E-state index is 0.248. The number of carboxylic acids is 1. The van der Waals surface area contributed by atoms with E-state index in [4.69, 9.17) is 14.6 Å². The molecule has 0 heterocycles. The van der Waals surface area contributed by atoms with Crippen LogP contribution in [0.2, 0.25) is 0 Å². The highest BCUT2D eigenvalue weighted by Gasteiger charge is 2.07. The maximum absolute atomic E-state index is 10.9. The summed E-state index contributed by atoms with van der Waals surface area (Å²) in [5, 5.41) is 8.95. The molecule has 0 saturated heterocycles. The van der Waals surface area contributed by atoms with Gasteiger partial charge in [-0.15, -0.1) is 0 Å². The molecule has 0 radical (unpaired) electrons. The van der Waals surface area contributed by atoms with Crippen LogP contribution in [0.1, 0.15) is 21.5 Å². The summed E-state index contributed by atoms with van der Waals surface area (Å²) in [6, 6.07) is 20.1. The van der Waals surface area contributed by atoms with E-state index in [1.165, 1.54) is 0 Å². The van der Waals surface area contributed by atoms with E-state index in [-0.39, 0.29) is 5.56 Å². The Morgan fingerprint density at radius 2 is 1.86 bits per heavy atom. The van der Waals surface area contributed by atoms with Gasteiger partial charge < -0.3 is 14.6 Å². The van der Waals surface area contributed by atoms with E-state index in [1.807, 2.05) is 42.5 Å². The molecule has 3 aromatic rings. The summed E-state index contributed by atoms with van der Waals surface area (Å²) < 4.78 is 12.4. The molecule has 0 amide bonds. The van der Waals surface area contributed by atoms with Crippen LogP contribution in [-0.2, 0) is 6.61 Å². The van der Waals surface area contributed by atoms with Crippen molar-refractivity contribution in [3.63, 3.8) is 0 Å². The highest BCUT2D eigenvalue weighted by Crippen LogP contribution is 2.28. The number of hydrogen-bond acceptors (Lipinski definition) is 4. The normalized spacial score (nSPS) is 10.8. The molecule has 0 spiro atoms. The lowest BCUT2D eigenvalue weighted by Crippen LogP contribution is -2.00. The van der Waals surface area contributed by atoms with Crippen molar-refractivity contribution in [1.29, 1.82) is 0 Å². The van der Waals surface area contributed by atoms with Gasteiger partial charge in [-0.2, -0.15) is 0 Å². The Morgan fingerprint density at radius 1 is 1.07 bits per heavy atom. The average molecular weight is 487 g/mol. The quantitative estimate of drug-likeness (QED) is 0.362. The summed E-state index contributed by atoms with van der Waals surface area (Å²) in [5.41, 5.74) is 2.90. The molecular weight excluding hydrogens is 469 g/mol. The number of aromatic carboxylic acids is 1. The second-order valence-corrected chi connectivity index (χ2v) is 7.18. The molecule has 0 saturated carbocycles. The van der Waals surface area contributed by atoms with Crippen LogP contribution < -0.4 is 9.47 Å². The van der Waals surface area contributed by atoms with Crippen LogP contribution in [0.25, 0.3) is 0 Å². The third-order valence-corrected chi connectivity index (χ3v) is 4.62. The molecule has 0 aliphatic rings. The van der Waals surface area contributed by atoms with Gasteiger partial charge in [-0.1, -0.05) is 18.2 Å². The van der Waals surface area contributed by atoms with Crippen molar-refractivity contribution in [1.82, 2.24) is 0 Å². The van der Waals surface area contributed by atoms with Crippen LogP contribution in [0.15, 0.2) is 71.7 Å². The van der Waals surface area contributed by atoms with Gasteiger partial charge in [0.05, 0.1) is 18.4 Å². The van der Waals surface area contributed by atoms with E-state index < -0.39 is 5.97 Å². The molecule has 0 aromatic heterocycles. The fraction of sp³-hybridized carbons (Fsp3) is 0.0909. The molecule has 0 fully saturated rings. The maximum Gasteiger partial charge on any atom is 0.335 e. The second-order valence-electron chi connectivity index (χ2n) is 5.94. The predicted molar refractivity (Wildman–Crippen MR) is 117 cm³/mol. The smallest absolute Gasteiger partial charge is 0.335 e. The van der Waals surface area contributed by atoms with Crippen molar-refractivity contribution in [3.8, 4) is 11.5 Å². The molecule has 3 aromatic carbocycles. The first-order chi connectivity index (χ1) is 13.5. The summed E-state index contributed by atoms with van der Waals surface area (Å²) in [5.74, 6) is 0.265. The number of benzene rings is 3. The maximum atomic E-state index is 10.9. The first-order valence-electron chi connectivity index (χ1n) is 8.48. The van der Waals surface area contributed by atoms with E-state index in [0.29, 0.717) is 18.1 Å². The number of rotatable bonds is 7. The number of halogens is 1. The van der Waals surface area contributed by atoms with Gasteiger partial charge in [0, 0.05) is 9.78 Å². The number of methoxy groups -OCH3 is 1. The van der Waals surface area contributed by atoms with Gasteiger partial charge in [-0.3, -0.25) is 4.99 Å². The topological polar surface area (TPSA) is 68.1 Å². The van der Waals surface area contributed by atoms with Crippen LogP contribution in [-0.4, -0.2) is 24.4 Å². The molecule has 3 rings (SSSR count). The number of nitrogens with zero attached hydrogens (tertiary/aromatic N) is 1. The molecule has 0 unspecified atom stereocenters. The summed E-state index contributed by atoms with van der Waals surface area (Å²) in [4.78, 5) is 15.4. The molecule has 142 valence electrons. The Balaban J connectivity index is 1.69. The zero-order chi connectivity index (χ0) is 19.9. The van der Waals surface area contributed by atoms with Gasteiger partial charge >= 0.3 is 5.97 Å². The van der Waals surface area contributed by atoms with Crippen molar-refractivity contribution < 1.29 is 19.4 Å². The lowest BCUT2D eigenvalue weighted by molar-refractivity contribution is 0.0697. The van der Waals surface area contributed by atoms with E-state index in [2.05, 4.69) is 27.6 Å². The minimum atomic E-state index is -0.948. The van der Waals surface area contributed by atoms with Crippen LogP contribution >= 0.6 is 22.6 Å². The molecule has 5 nitrogen and oxygen atoms in total. The first kappa shape index (κ1) is 19.9. The van der Waals surface area contributed by atoms with E-state index in [9.17, 15) is 4.79 Å². The van der Waals surface area contributed by atoms with Gasteiger partial charge in [0.15, 0.2) is 11.5 Å². The Hall–Kier alpha value is -2.87. The Labute approximate surface area is 176 Å². The molecule has 0 bridgehead atoms. The SMILES string of the molecule is COc1cc(C=Nc2cccc(I)c2)ccc1OCc1ccc(C(=O)O)cc1. The van der Waals surface area contributed by atoms with Gasteiger partial charge in [0.2, 0.25) is 0 Å². The zero-order valence-electron chi connectivity index (χ0n) is 15.1. The number of carbonyl (C=O) groups is 1. The van der Waals surface area contributed by atoms with Gasteiger partial charge in [0.25, 0.3) is 0 Å². The predicted octanol–water partition coefficient (Wildman–Crippen LogP) is 5.33. The monoisotopic (exact) mass is 487 g/mol. The van der Waals surface area contributed by atoms with Gasteiger partial charge in [-0.05, 0) is 82.2 Å². The summed E-state index contributed by atoms with van der Waals surface area (Å²) >= 11 is 2.25. The number of ether oxygens (including phenoxy) is 2. The van der Waals surface area contributed by atoms with Gasteiger partial charge in [0.1, 0.15) is 6.61 Å². The fourth-order valence-electron chi connectivity index (χ4n) is 2.49. The summed E-state index contributed by atoms with van der Waals surface area (Å²) in [6.07, 6.45) is 1.78. The van der Waals surface area contributed by atoms with Crippen molar-refractivity contribution in [2.24, 2.45) is 4.99 Å². The lowest BCUT2D eigenvalue weighted by Gasteiger charge is -2.11. The molecule has 1 N–H and O–H groups in total. The first-order valence-corrected chi connectivity index (χ1v) is 9.56. The van der Waals surface area contributed by atoms with E-state index >= 15 is 0 Å². The number of aliphatic imine (C=N–C) groups is 1. The van der Waals surface area contributed by atoms with Crippen molar-refractivity contribution in [2.45, 2.75) is 6.61 Å². The molecule has 0 atom stereocenters. The molecule has 0 aliphatic carbocycles. The number of carboxylic acid groups (broad SMARTS) is 1. The molecular formula is C22H18INO4. The largest absolute Gasteiger partial charge is 0.493 e. The van der Waals surface area contributed by atoms with Crippen LogP contribution in [0.4, 0.5) is 5.69 Å². The highest BCUT2D eigenvalue weighted by atomic mass is 127. The Kier molecular flexibility index (Phi) is 6.65. The average Bonchev–Trinajstić information content (AvgIpc) is 2.71.